The Morgan fingerprint density at radius 2 is 2.00 bits per heavy atom. The van der Waals surface area contributed by atoms with E-state index in [0.717, 1.165) is 19.3 Å². The van der Waals surface area contributed by atoms with Gasteiger partial charge in [-0.2, -0.15) is 8.78 Å². The highest BCUT2D eigenvalue weighted by atomic mass is 19.3. The first-order valence-corrected chi connectivity index (χ1v) is 7.45. The highest BCUT2D eigenvalue weighted by Gasteiger charge is 2.23. The van der Waals surface area contributed by atoms with Crippen LogP contribution in [0.25, 0.3) is 0 Å². The maximum atomic E-state index is 12.3. The molecule has 0 aliphatic heterocycles. The van der Waals surface area contributed by atoms with Crippen LogP contribution < -0.4 is 14.8 Å². The van der Waals surface area contributed by atoms with Gasteiger partial charge in [-0.05, 0) is 37.0 Å². The zero-order valence-corrected chi connectivity index (χ0v) is 12.8. The normalized spacial score (nSPS) is 21.5. The van der Waals surface area contributed by atoms with E-state index in [0.29, 0.717) is 11.5 Å². The van der Waals surface area contributed by atoms with Gasteiger partial charge in [-0.15, -0.1) is 0 Å². The van der Waals surface area contributed by atoms with Crippen LogP contribution in [-0.4, -0.2) is 25.7 Å². The molecule has 1 amide bonds. The molecule has 1 aromatic carbocycles. The van der Waals surface area contributed by atoms with Crippen LogP contribution in [0.4, 0.5) is 8.78 Å². The first-order valence-electron chi connectivity index (χ1n) is 7.45. The van der Waals surface area contributed by atoms with Gasteiger partial charge in [0.05, 0.1) is 7.11 Å². The van der Waals surface area contributed by atoms with E-state index in [4.69, 9.17) is 4.74 Å². The summed E-state index contributed by atoms with van der Waals surface area (Å²) in [7, 11) is 1.35. The molecule has 0 unspecified atom stereocenters. The van der Waals surface area contributed by atoms with Crippen molar-refractivity contribution in [1.82, 2.24) is 5.32 Å². The third-order valence-corrected chi connectivity index (χ3v) is 4.07. The SMILES string of the molecule is COc1cc(C(=O)N[C@@H]2CCCC[C@H]2C)ccc1OC(F)F. The summed E-state index contributed by atoms with van der Waals surface area (Å²) in [6.45, 7) is -0.804. The Balaban J connectivity index is 2.09. The van der Waals surface area contributed by atoms with Gasteiger partial charge in [-0.25, -0.2) is 0 Å². The van der Waals surface area contributed by atoms with Gasteiger partial charge in [0.1, 0.15) is 0 Å². The first kappa shape index (κ1) is 16.5. The van der Waals surface area contributed by atoms with E-state index < -0.39 is 6.61 Å². The van der Waals surface area contributed by atoms with E-state index in [1.165, 1.54) is 31.7 Å². The summed E-state index contributed by atoms with van der Waals surface area (Å²) >= 11 is 0. The molecule has 1 aliphatic rings. The Bertz CT molecular complexity index is 522. The summed E-state index contributed by atoms with van der Waals surface area (Å²) in [6, 6.07) is 4.36. The Labute approximate surface area is 128 Å². The minimum atomic E-state index is -2.93. The molecule has 1 N–H and O–H groups in total. The van der Waals surface area contributed by atoms with Gasteiger partial charge in [-0.1, -0.05) is 19.8 Å². The van der Waals surface area contributed by atoms with Crippen LogP contribution in [0.1, 0.15) is 43.0 Å². The second-order valence-corrected chi connectivity index (χ2v) is 5.59. The number of hydrogen-bond donors (Lipinski definition) is 1. The number of benzene rings is 1. The van der Waals surface area contributed by atoms with Gasteiger partial charge in [0, 0.05) is 11.6 Å². The van der Waals surface area contributed by atoms with E-state index in [1.54, 1.807) is 0 Å². The number of methoxy groups -OCH3 is 1. The molecule has 0 spiro atoms. The topological polar surface area (TPSA) is 47.6 Å². The minimum Gasteiger partial charge on any atom is -0.493 e. The Kier molecular flexibility index (Phi) is 5.57. The number of halogens is 2. The highest BCUT2D eigenvalue weighted by molar-refractivity contribution is 5.95. The van der Waals surface area contributed by atoms with Crippen molar-refractivity contribution < 1.29 is 23.0 Å². The Morgan fingerprint density at radius 3 is 2.64 bits per heavy atom. The smallest absolute Gasteiger partial charge is 0.387 e. The average molecular weight is 313 g/mol. The van der Waals surface area contributed by atoms with Crippen molar-refractivity contribution in [2.45, 2.75) is 45.3 Å². The van der Waals surface area contributed by atoms with Gasteiger partial charge in [-0.3, -0.25) is 4.79 Å². The van der Waals surface area contributed by atoms with Crippen LogP contribution in [-0.2, 0) is 0 Å². The second-order valence-electron chi connectivity index (χ2n) is 5.59. The molecule has 1 aromatic rings. The average Bonchev–Trinajstić information content (AvgIpc) is 2.49. The number of alkyl halides is 2. The molecule has 22 heavy (non-hydrogen) atoms. The number of hydrogen-bond acceptors (Lipinski definition) is 3. The van der Waals surface area contributed by atoms with Crippen LogP contribution in [0.2, 0.25) is 0 Å². The predicted octanol–water partition coefficient (Wildman–Crippen LogP) is 3.61. The number of carbonyl (C=O) groups excluding carboxylic acids is 1. The third-order valence-electron chi connectivity index (χ3n) is 4.07. The monoisotopic (exact) mass is 313 g/mol. The van der Waals surface area contributed by atoms with Crippen LogP contribution in [0.3, 0.4) is 0 Å². The maximum Gasteiger partial charge on any atom is 0.387 e. The molecule has 0 bridgehead atoms. The second kappa shape index (κ2) is 7.42. The van der Waals surface area contributed by atoms with Crippen molar-refractivity contribution in [2.24, 2.45) is 5.92 Å². The van der Waals surface area contributed by atoms with Crippen molar-refractivity contribution in [1.29, 1.82) is 0 Å². The molecule has 2 atom stereocenters. The molecule has 0 aromatic heterocycles. The van der Waals surface area contributed by atoms with E-state index in [9.17, 15) is 13.6 Å². The lowest BCUT2D eigenvalue weighted by atomic mass is 9.86. The van der Waals surface area contributed by atoms with E-state index in [1.807, 2.05) is 0 Å². The van der Waals surface area contributed by atoms with Crippen molar-refractivity contribution >= 4 is 5.91 Å². The Morgan fingerprint density at radius 1 is 1.27 bits per heavy atom. The lowest BCUT2D eigenvalue weighted by Crippen LogP contribution is -2.41. The van der Waals surface area contributed by atoms with Gasteiger partial charge in [0.15, 0.2) is 11.5 Å². The van der Waals surface area contributed by atoms with Crippen molar-refractivity contribution in [3.8, 4) is 11.5 Å². The summed E-state index contributed by atoms with van der Waals surface area (Å²) < 4.78 is 33.9. The minimum absolute atomic E-state index is 0.0833. The zero-order valence-electron chi connectivity index (χ0n) is 12.8. The van der Waals surface area contributed by atoms with Gasteiger partial charge in [0.2, 0.25) is 0 Å². The van der Waals surface area contributed by atoms with Crippen LogP contribution in [0, 0.1) is 5.92 Å². The Hall–Kier alpha value is -1.85. The molecule has 0 radical (unpaired) electrons. The fourth-order valence-electron chi connectivity index (χ4n) is 2.78. The predicted molar refractivity (Wildman–Crippen MR) is 78.5 cm³/mol. The molecule has 1 saturated carbocycles. The summed E-state index contributed by atoms with van der Waals surface area (Å²) in [4.78, 5) is 12.3. The standard InChI is InChI=1S/C16H21F2NO3/c1-10-5-3-4-6-12(10)19-15(20)11-7-8-13(22-16(17)18)14(9-11)21-2/h7-10,12,16H,3-6H2,1-2H3,(H,19,20)/t10-,12-/m1/s1. The van der Waals surface area contributed by atoms with Gasteiger partial charge >= 0.3 is 6.61 Å². The quantitative estimate of drug-likeness (QED) is 0.903. The molecule has 4 nitrogen and oxygen atoms in total. The van der Waals surface area contributed by atoms with Crippen molar-refractivity contribution in [2.75, 3.05) is 7.11 Å². The maximum absolute atomic E-state index is 12.3. The van der Waals surface area contributed by atoms with E-state index in [-0.39, 0.29) is 23.4 Å². The molecular weight excluding hydrogens is 292 g/mol. The number of amides is 1. The molecule has 2 rings (SSSR count). The van der Waals surface area contributed by atoms with Gasteiger partial charge in [0.25, 0.3) is 5.91 Å². The number of nitrogens with one attached hydrogen (secondary N) is 1. The molecule has 122 valence electrons. The van der Waals surface area contributed by atoms with Crippen LogP contribution in [0.15, 0.2) is 18.2 Å². The highest BCUT2D eigenvalue weighted by Crippen LogP contribution is 2.30. The first-order chi connectivity index (χ1) is 10.5. The number of carbonyl (C=O) groups is 1. The molecule has 0 heterocycles. The third kappa shape index (κ3) is 4.08. The molecule has 1 aliphatic carbocycles. The number of ether oxygens (including phenoxy) is 2. The lowest BCUT2D eigenvalue weighted by molar-refractivity contribution is -0.0512. The molecule has 0 saturated heterocycles. The fourth-order valence-corrected chi connectivity index (χ4v) is 2.78. The molecule has 6 heteroatoms. The molecular formula is C16H21F2NO3. The molecule has 1 fully saturated rings. The largest absolute Gasteiger partial charge is 0.493 e. The fraction of sp³-hybridized carbons (Fsp3) is 0.562. The van der Waals surface area contributed by atoms with Crippen LogP contribution in [0.5, 0.6) is 11.5 Å². The summed E-state index contributed by atoms with van der Waals surface area (Å²) in [5, 5.41) is 3.01. The summed E-state index contributed by atoms with van der Waals surface area (Å²) in [5.74, 6) is 0.256. The number of rotatable bonds is 5. The van der Waals surface area contributed by atoms with E-state index in [2.05, 4.69) is 17.0 Å². The van der Waals surface area contributed by atoms with Crippen molar-refractivity contribution in [3.05, 3.63) is 23.8 Å². The zero-order chi connectivity index (χ0) is 16.1. The van der Waals surface area contributed by atoms with Crippen molar-refractivity contribution in [3.63, 3.8) is 0 Å². The summed E-state index contributed by atoms with van der Waals surface area (Å²) in [5.41, 5.74) is 0.372. The van der Waals surface area contributed by atoms with Gasteiger partial charge < -0.3 is 14.8 Å². The lowest BCUT2D eigenvalue weighted by Gasteiger charge is -2.29. The van der Waals surface area contributed by atoms with Crippen LogP contribution >= 0.6 is 0 Å². The summed E-state index contributed by atoms with van der Waals surface area (Å²) in [6.07, 6.45) is 4.38. The van der Waals surface area contributed by atoms with E-state index >= 15 is 0 Å².